The highest BCUT2D eigenvalue weighted by molar-refractivity contribution is 7.15. The number of carbonyl (C=O) groups is 2. The first-order chi connectivity index (χ1) is 11.5. The highest BCUT2D eigenvalue weighted by Gasteiger charge is 2.31. The predicted molar refractivity (Wildman–Crippen MR) is 85.4 cm³/mol. The fourth-order valence-corrected chi connectivity index (χ4v) is 3.28. The number of likely N-dealkylation sites (tertiary alicyclic amines) is 1. The molecule has 0 saturated carbocycles. The molecule has 1 unspecified atom stereocenters. The van der Waals surface area contributed by atoms with Gasteiger partial charge in [-0.1, -0.05) is 23.5 Å². The molecule has 3 rings (SSSR count). The topological polar surface area (TPSA) is 95.4 Å². The quantitative estimate of drug-likeness (QED) is 0.881. The van der Waals surface area contributed by atoms with E-state index in [1.54, 1.807) is 12.1 Å². The maximum Gasteiger partial charge on any atom is 0.323 e. The van der Waals surface area contributed by atoms with Gasteiger partial charge in [0.2, 0.25) is 5.13 Å². The van der Waals surface area contributed by atoms with Gasteiger partial charge in [-0.2, -0.15) is 0 Å². The summed E-state index contributed by atoms with van der Waals surface area (Å²) in [5.41, 5.74) is 0.771. The number of nitrogens with one attached hydrogen (secondary N) is 1. The standard InChI is InChI=1S/C15H15FN4O3S/c16-11-3-1-2-9(6-11)7-12-18-19-14(24-12)17-15(23)20-5-4-10(8-20)13(21)22/h1-3,6,10H,4-5,7-8H2,(H,21,22)(H,17,19,23). The first kappa shape index (κ1) is 16.3. The number of hydrogen-bond acceptors (Lipinski definition) is 5. The Morgan fingerprint density at radius 3 is 2.96 bits per heavy atom. The van der Waals surface area contributed by atoms with Crippen LogP contribution in [0.25, 0.3) is 0 Å². The molecule has 9 heteroatoms. The average Bonchev–Trinajstić information content (AvgIpc) is 3.17. The Labute approximate surface area is 141 Å². The van der Waals surface area contributed by atoms with Gasteiger partial charge in [0.1, 0.15) is 10.8 Å². The molecule has 7 nitrogen and oxygen atoms in total. The van der Waals surface area contributed by atoms with Crippen molar-refractivity contribution in [3.05, 3.63) is 40.7 Å². The first-order valence-electron chi connectivity index (χ1n) is 7.37. The van der Waals surface area contributed by atoms with E-state index in [1.165, 1.54) is 28.4 Å². The second-order valence-corrected chi connectivity index (χ2v) is 6.57. The number of aromatic nitrogens is 2. The van der Waals surface area contributed by atoms with Crippen LogP contribution in [0.15, 0.2) is 24.3 Å². The lowest BCUT2D eigenvalue weighted by Crippen LogP contribution is -2.33. The predicted octanol–water partition coefficient (Wildman–Crippen LogP) is 2.21. The van der Waals surface area contributed by atoms with E-state index in [2.05, 4.69) is 15.5 Å². The highest BCUT2D eigenvalue weighted by atomic mass is 32.1. The van der Waals surface area contributed by atoms with E-state index in [4.69, 9.17) is 5.11 Å². The van der Waals surface area contributed by atoms with Gasteiger partial charge in [0.15, 0.2) is 0 Å². The van der Waals surface area contributed by atoms with E-state index >= 15 is 0 Å². The fourth-order valence-electron chi connectivity index (χ4n) is 2.51. The van der Waals surface area contributed by atoms with E-state index in [0.29, 0.717) is 29.5 Å². The van der Waals surface area contributed by atoms with Crippen molar-refractivity contribution in [2.45, 2.75) is 12.8 Å². The minimum absolute atomic E-state index is 0.191. The number of urea groups is 1. The van der Waals surface area contributed by atoms with Crippen molar-refractivity contribution >= 4 is 28.5 Å². The van der Waals surface area contributed by atoms with Gasteiger partial charge in [0.05, 0.1) is 5.92 Å². The lowest BCUT2D eigenvalue weighted by Gasteiger charge is -2.14. The molecule has 2 N–H and O–H groups in total. The number of aliphatic carboxylic acids is 1. The number of carboxylic acid groups (broad SMARTS) is 1. The van der Waals surface area contributed by atoms with E-state index in [1.807, 2.05) is 0 Å². The van der Waals surface area contributed by atoms with Crippen molar-refractivity contribution in [2.24, 2.45) is 5.92 Å². The van der Waals surface area contributed by atoms with Crippen molar-refractivity contribution in [3.8, 4) is 0 Å². The number of rotatable bonds is 4. The van der Waals surface area contributed by atoms with Crippen LogP contribution >= 0.6 is 11.3 Å². The Morgan fingerprint density at radius 1 is 1.42 bits per heavy atom. The smallest absolute Gasteiger partial charge is 0.323 e. The molecule has 1 aliphatic heterocycles. The Kier molecular flexibility index (Phi) is 4.70. The van der Waals surface area contributed by atoms with Crippen LogP contribution in [0.3, 0.4) is 0 Å². The largest absolute Gasteiger partial charge is 0.481 e. The number of carbonyl (C=O) groups excluding carboxylic acids is 1. The van der Waals surface area contributed by atoms with Crippen LogP contribution in [0.2, 0.25) is 0 Å². The summed E-state index contributed by atoms with van der Waals surface area (Å²) in [7, 11) is 0. The number of hydrogen-bond donors (Lipinski definition) is 2. The summed E-state index contributed by atoms with van der Waals surface area (Å²) in [5.74, 6) is -1.72. The van der Waals surface area contributed by atoms with E-state index in [-0.39, 0.29) is 18.4 Å². The summed E-state index contributed by atoms with van der Waals surface area (Å²) < 4.78 is 13.2. The third kappa shape index (κ3) is 3.85. The van der Waals surface area contributed by atoms with Gasteiger partial charge in [0, 0.05) is 19.5 Å². The monoisotopic (exact) mass is 350 g/mol. The lowest BCUT2D eigenvalue weighted by molar-refractivity contribution is -0.141. The molecule has 1 aromatic carbocycles. The zero-order valence-electron chi connectivity index (χ0n) is 12.6. The number of anilines is 1. The molecule has 0 bridgehead atoms. The number of nitrogens with zero attached hydrogens (tertiary/aromatic N) is 3. The van der Waals surface area contributed by atoms with Crippen molar-refractivity contribution in [3.63, 3.8) is 0 Å². The van der Waals surface area contributed by atoms with Gasteiger partial charge in [0.25, 0.3) is 0 Å². The average molecular weight is 350 g/mol. The Hall–Kier alpha value is -2.55. The van der Waals surface area contributed by atoms with Crippen molar-refractivity contribution in [1.82, 2.24) is 15.1 Å². The molecule has 0 radical (unpaired) electrons. The molecule has 1 aromatic heterocycles. The third-order valence-electron chi connectivity index (χ3n) is 3.75. The lowest BCUT2D eigenvalue weighted by atomic mass is 10.1. The van der Waals surface area contributed by atoms with Crippen molar-refractivity contribution in [1.29, 1.82) is 0 Å². The third-order valence-corrected chi connectivity index (χ3v) is 4.59. The van der Waals surface area contributed by atoms with E-state index < -0.39 is 11.9 Å². The number of carboxylic acids is 1. The van der Waals surface area contributed by atoms with Gasteiger partial charge >= 0.3 is 12.0 Å². The summed E-state index contributed by atoms with van der Waals surface area (Å²) in [5, 5.41) is 20.5. The van der Waals surface area contributed by atoms with Crippen LogP contribution < -0.4 is 5.32 Å². The summed E-state index contributed by atoms with van der Waals surface area (Å²) in [6.07, 6.45) is 0.875. The molecule has 2 heterocycles. The molecule has 24 heavy (non-hydrogen) atoms. The summed E-state index contributed by atoms with van der Waals surface area (Å²) in [4.78, 5) is 24.5. The van der Waals surface area contributed by atoms with Gasteiger partial charge in [-0.05, 0) is 24.1 Å². The van der Waals surface area contributed by atoms with Gasteiger partial charge < -0.3 is 10.0 Å². The van der Waals surface area contributed by atoms with E-state index in [0.717, 1.165) is 5.56 Å². The molecular weight excluding hydrogens is 335 g/mol. The minimum atomic E-state index is -0.890. The molecule has 1 atom stereocenters. The zero-order valence-corrected chi connectivity index (χ0v) is 13.4. The molecule has 1 aliphatic rings. The SMILES string of the molecule is O=C(O)C1CCN(C(=O)Nc2nnc(Cc3cccc(F)c3)s2)C1. The van der Waals surface area contributed by atoms with Gasteiger partial charge in [-0.15, -0.1) is 10.2 Å². The van der Waals surface area contributed by atoms with Crippen LogP contribution in [0.1, 0.15) is 17.0 Å². The molecule has 1 fully saturated rings. The minimum Gasteiger partial charge on any atom is -0.481 e. The Morgan fingerprint density at radius 2 is 2.25 bits per heavy atom. The fraction of sp³-hybridized carbons (Fsp3) is 0.333. The molecule has 126 valence electrons. The number of halogens is 1. The second-order valence-electron chi connectivity index (χ2n) is 5.51. The normalized spacial score (nSPS) is 17.0. The van der Waals surface area contributed by atoms with Crippen LogP contribution in [0.4, 0.5) is 14.3 Å². The number of amides is 2. The maximum atomic E-state index is 13.2. The highest BCUT2D eigenvalue weighted by Crippen LogP contribution is 2.21. The summed E-state index contributed by atoms with van der Waals surface area (Å²) in [6, 6.07) is 5.83. The van der Waals surface area contributed by atoms with Crippen LogP contribution in [0.5, 0.6) is 0 Å². The number of benzene rings is 1. The molecule has 0 aliphatic carbocycles. The van der Waals surface area contributed by atoms with Crippen LogP contribution in [0, 0.1) is 11.7 Å². The van der Waals surface area contributed by atoms with Gasteiger partial charge in [-0.25, -0.2) is 9.18 Å². The molecule has 2 aromatic rings. The Balaban J connectivity index is 1.58. The van der Waals surface area contributed by atoms with Gasteiger partial charge in [-0.3, -0.25) is 10.1 Å². The first-order valence-corrected chi connectivity index (χ1v) is 8.18. The summed E-state index contributed by atoms with van der Waals surface area (Å²) in [6.45, 7) is 0.591. The Bertz CT molecular complexity index is 767. The van der Waals surface area contributed by atoms with Crippen molar-refractivity contribution in [2.75, 3.05) is 18.4 Å². The molecule has 2 amide bonds. The zero-order chi connectivity index (χ0) is 17.1. The maximum absolute atomic E-state index is 13.2. The van der Waals surface area contributed by atoms with Crippen LogP contribution in [-0.4, -0.2) is 45.3 Å². The molecular formula is C15H15FN4O3S. The van der Waals surface area contributed by atoms with Crippen molar-refractivity contribution < 1.29 is 19.1 Å². The molecule has 1 saturated heterocycles. The second kappa shape index (κ2) is 6.91. The van der Waals surface area contributed by atoms with Crippen LogP contribution in [-0.2, 0) is 11.2 Å². The van der Waals surface area contributed by atoms with E-state index in [9.17, 15) is 14.0 Å². The molecule has 0 spiro atoms. The summed E-state index contributed by atoms with van der Waals surface area (Å²) >= 11 is 1.21.